The summed E-state index contributed by atoms with van der Waals surface area (Å²) in [6.45, 7) is 8.53. The number of carbonyl (C=O) groups is 4. The lowest BCUT2D eigenvalue weighted by Crippen LogP contribution is -2.57. The summed E-state index contributed by atoms with van der Waals surface area (Å²) >= 11 is 0. The highest BCUT2D eigenvalue weighted by molar-refractivity contribution is 7.91. The van der Waals surface area contributed by atoms with E-state index in [0.29, 0.717) is 36.4 Å². The zero-order chi connectivity index (χ0) is 39.4. The zero-order valence-corrected chi connectivity index (χ0v) is 33.1. The maximum Gasteiger partial charge on any atom is 0.243 e. The van der Waals surface area contributed by atoms with Crippen LogP contribution in [0.1, 0.15) is 108 Å². The SMILES string of the molecule is CC(C)CNC(=O)C[C@H](O)[C@H](CC1CCCCC1)NC(=O)[C@H](CC(C)C)NC(=O)[C@H](Cc1ccccc1)NC(=O)CC1CS(=O)(=O)c2cc(CN)ccc21. The smallest absolute Gasteiger partial charge is 0.243 e. The topological polar surface area (TPSA) is 197 Å². The molecular weight excluding hydrogens is 707 g/mol. The van der Waals surface area contributed by atoms with E-state index in [9.17, 15) is 32.7 Å². The molecule has 5 atom stereocenters. The molecule has 1 saturated carbocycles. The van der Waals surface area contributed by atoms with Crippen LogP contribution in [0.15, 0.2) is 53.4 Å². The van der Waals surface area contributed by atoms with Crippen LogP contribution in [0.4, 0.5) is 0 Å². The molecular formula is C41H61N5O7S. The number of nitrogens with two attached hydrogens (primary N) is 1. The van der Waals surface area contributed by atoms with E-state index in [2.05, 4.69) is 21.3 Å². The minimum atomic E-state index is -3.60. The predicted octanol–water partition coefficient (Wildman–Crippen LogP) is 3.64. The summed E-state index contributed by atoms with van der Waals surface area (Å²) in [5, 5.41) is 22.9. The number of sulfone groups is 1. The number of hydrogen-bond acceptors (Lipinski definition) is 8. The Morgan fingerprint density at radius 2 is 1.52 bits per heavy atom. The molecule has 7 N–H and O–H groups in total. The molecule has 1 fully saturated rings. The quantitative estimate of drug-likeness (QED) is 0.125. The molecule has 0 aromatic heterocycles. The average molecular weight is 768 g/mol. The van der Waals surface area contributed by atoms with Crippen LogP contribution >= 0.6 is 0 Å². The van der Waals surface area contributed by atoms with E-state index >= 15 is 0 Å². The Kier molecular flexibility index (Phi) is 16.1. The monoisotopic (exact) mass is 767 g/mol. The van der Waals surface area contributed by atoms with Crippen LogP contribution in [-0.4, -0.2) is 73.7 Å². The number of aliphatic hydroxyl groups excluding tert-OH is 1. The van der Waals surface area contributed by atoms with Crippen LogP contribution in [0.3, 0.4) is 0 Å². The van der Waals surface area contributed by atoms with E-state index in [0.717, 1.165) is 37.7 Å². The molecule has 13 heteroatoms. The molecule has 2 aliphatic rings. The lowest BCUT2D eigenvalue weighted by Gasteiger charge is -2.32. The molecule has 0 radical (unpaired) electrons. The normalized spacial score (nSPS) is 19.0. The summed E-state index contributed by atoms with van der Waals surface area (Å²) in [6, 6.07) is 11.5. The van der Waals surface area contributed by atoms with Gasteiger partial charge in [0.15, 0.2) is 9.84 Å². The number of fused-ring (bicyclic) bond motifs is 1. The van der Waals surface area contributed by atoms with Crippen molar-refractivity contribution >= 4 is 33.5 Å². The van der Waals surface area contributed by atoms with Crippen molar-refractivity contribution in [2.75, 3.05) is 12.3 Å². The molecule has 1 heterocycles. The van der Waals surface area contributed by atoms with Crippen LogP contribution in [0.25, 0.3) is 0 Å². The van der Waals surface area contributed by atoms with E-state index in [4.69, 9.17) is 5.73 Å². The van der Waals surface area contributed by atoms with Crippen LogP contribution in [0.5, 0.6) is 0 Å². The van der Waals surface area contributed by atoms with Gasteiger partial charge in [-0.2, -0.15) is 0 Å². The van der Waals surface area contributed by atoms with Gasteiger partial charge < -0.3 is 32.1 Å². The molecule has 1 unspecified atom stereocenters. The fraction of sp³-hybridized carbons (Fsp3) is 0.610. The van der Waals surface area contributed by atoms with Gasteiger partial charge in [0.25, 0.3) is 0 Å². The molecule has 4 amide bonds. The Bertz CT molecular complexity index is 1680. The first-order valence-electron chi connectivity index (χ1n) is 19.6. The zero-order valence-electron chi connectivity index (χ0n) is 32.3. The minimum Gasteiger partial charge on any atom is -0.390 e. The van der Waals surface area contributed by atoms with E-state index in [1.165, 1.54) is 0 Å². The van der Waals surface area contributed by atoms with Gasteiger partial charge in [0.2, 0.25) is 23.6 Å². The standard InChI is InChI=1S/C41H61N5O7S/c1-26(2)17-34(40(50)45-33(18-28-11-7-5-8-12-28)36(47)22-38(48)43-24-27(3)4)46-41(51)35(19-29-13-9-6-10-14-29)44-39(49)21-31-25-54(52,53)37-20-30(23-42)15-16-32(31)37/h6,9-10,13-16,20,26-28,31,33-36,47H,5,7-8,11-12,17-19,21-25,42H2,1-4H3,(H,43,48)(H,44,49)(H,45,50)(H,46,51)/t31?,33-,34-,35-,36-/m0/s1. The molecule has 0 spiro atoms. The molecule has 54 heavy (non-hydrogen) atoms. The van der Waals surface area contributed by atoms with Crippen LogP contribution in [-0.2, 0) is 42.0 Å². The molecule has 2 aromatic rings. The number of carbonyl (C=O) groups excluding carboxylic acids is 4. The molecule has 0 saturated heterocycles. The van der Waals surface area contributed by atoms with Gasteiger partial charge in [0.1, 0.15) is 12.1 Å². The van der Waals surface area contributed by atoms with Crippen molar-refractivity contribution in [1.82, 2.24) is 21.3 Å². The third kappa shape index (κ3) is 12.9. The maximum atomic E-state index is 14.1. The van der Waals surface area contributed by atoms with Crippen LogP contribution in [0, 0.1) is 17.8 Å². The number of amides is 4. The Morgan fingerprint density at radius 3 is 2.17 bits per heavy atom. The number of benzene rings is 2. The Hall–Kier alpha value is -3.81. The summed E-state index contributed by atoms with van der Waals surface area (Å²) < 4.78 is 26.0. The van der Waals surface area contributed by atoms with E-state index in [1.807, 2.05) is 58.0 Å². The van der Waals surface area contributed by atoms with Crippen LogP contribution in [0.2, 0.25) is 0 Å². The predicted molar refractivity (Wildman–Crippen MR) is 209 cm³/mol. The Balaban J connectivity index is 1.51. The first-order valence-corrected chi connectivity index (χ1v) is 21.2. The van der Waals surface area contributed by atoms with Crippen LogP contribution < -0.4 is 27.0 Å². The summed E-state index contributed by atoms with van der Waals surface area (Å²) in [6.07, 6.45) is 4.82. The molecule has 0 bridgehead atoms. The molecule has 1 aliphatic carbocycles. The van der Waals surface area contributed by atoms with E-state index < -0.39 is 57.7 Å². The van der Waals surface area contributed by atoms with Gasteiger partial charge in [-0.1, -0.05) is 102 Å². The maximum absolute atomic E-state index is 14.1. The second kappa shape index (κ2) is 20.2. The summed E-state index contributed by atoms with van der Waals surface area (Å²) in [5.74, 6) is -2.05. The first kappa shape index (κ1) is 42.9. The summed E-state index contributed by atoms with van der Waals surface area (Å²) in [5.41, 5.74) is 7.77. The third-order valence-electron chi connectivity index (χ3n) is 10.4. The number of aliphatic hydroxyl groups is 1. The number of nitrogens with one attached hydrogen (secondary N) is 4. The molecule has 4 rings (SSSR count). The summed E-state index contributed by atoms with van der Waals surface area (Å²) in [7, 11) is -3.60. The fourth-order valence-corrected chi connectivity index (χ4v) is 9.47. The second-order valence-electron chi connectivity index (χ2n) is 16.1. The lowest BCUT2D eigenvalue weighted by atomic mass is 9.83. The van der Waals surface area contributed by atoms with Gasteiger partial charge in [-0.15, -0.1) is 0 Å². The van der Waals surface area contributed by atoms with Gasteiger partial charge in [0.05, 0.1) is 29.2 Å². The van der Waals surface area contributed by atoms with Crippen molar-refractivity contribution in [3.05, 3.63) is 65.2 Å². The van der Waals surface area contributed by atoms with Crippen molar-refractivity contribution in [3.8, 4) is 0 Å². The number of rotatable bonds is 19. The highest BCUT2D eigenvalue weighted by atomic mass is 32.2. The molecule has 298 valence electrons. The second-order valence-corrected chi connectivity index (χ2v) is 18.1. The van der Waals surface area contributed by atoms with Gasteiger partial charge in [-0.25, -0.2) is 8.42 Å². The summed E-state index contributed by atoms with van der Waals surface area (Å²) in [4.78, 5) is 54.6. The minimum absolute atomic E-state index is 0.0101. The van der Waals surface area contributed by atoms with Gasteiger partial charge >= 0.3 is 0 Å². The van der Waals surface area contributed by atoms with Crippen molar-refractivity contribution in [2.24, 2.45) is 23.5 Å². The Morgan fingerprint density at radius 1 is 0.833 bits per heavy atom. The fourth-order valence-electron chi connectivity index (χ4n) is 7.54. The van der Waals surface area contributed by atoms with Crippen molar-refractivity contribution in [3.63, 3.8) is 0 Å². The van der Waals surface area contributed by atoms with Gasteiger partial charge in [-0.05, 0) is 53.4 Å². The highest BCUT2D eigenvalue weighted by Crippen LogP contribution is 2.37. The largest absolute Gasteiger partial charge is 0.390 e. The average Bonchev–Trinajstić information content (AvgIpc) is 3.38. The van der Waals surface area contributed by atoms with Crippen molar-refractivity contribution in [1.29, 1.82) is 0 Å². The lowest BCUT2D eigenvalue weighted by molar-refractivity contribution is -0.133. The Labute approximate surface area is 321 Å². The third-order valence-corrected chi connectivity index (χ3v) is 12.3. The van der Waals surface area contributed by atoms with Gasteiger partial charge in [-0.3, -0.25) is 19.2 Å². The van der Waals surface area contributed by atoms with Crippen molar-refractivity contribution in [2.45, 2.75) is 133 Å². The van der Waals surface area contributed by atoms with E-state index in [1.54, 1.807) is 18.2 Å². The number of hydrogen-bond donors (Lipinski definition) is 6. The molecule has 12 nitrogen and oxygen atoms in total. The van der Waals surface area contributed by atoms with E-state index in [-0.39, 0.29) is 54.2 Å². The highest BCUT2D eigenvalue weighted by Gasteiger charge is 2.37. The first-order chi connectivity index (χ1) is 25.6. The van der Waals surface area contributed by atoms with Crippen molar-refractivity contribution < 1.29 is 32.7 Å². The molecule has 1 aliphatic heterocycles. The van der Waals surface area contributed by atoms with Gasteiger partial charge in [0, 0.05) is 31.8 Å². The molecule has 2 aromatic carbocycles.